The molecule has 2 aromatic rings. The molecule has 0 radical (unpaired) electrons. The maximum atomic E-state index is 12.1. The van der Waals surface area contributed by atoms with Crippen molar-refractivity contribution in [3.8, 4) is 0 Å². The van der Waals surface area contributed by atoms with Gasteiger partial charge in [0.05, 0.1) is 18.1 Å². The predicted octanol–water partition coefficient (Wildman–Crippen LogP) is 6.46. The van der Waals surface area contributed by atoms with Crippen molar-refractivity contribution in [2.45, 2.75) is 47.7 Å². The predicted molar refractivity (Wildman–Crippen MR) is 147 cm³/mol. The normalized spacial score (nSPS) is 12.4. The first-order chi connectivity index (χ1) is 15.8. The zero-order valence-corrected chi connectivity index (χ0v) is 24.0. The Morgan fingerprint density at radius 1 is 0.912 bits per heavy atom. The van der Waals surface area contributed by atoms with Crippen LogP contribution in [0.1, 0.15) is 56.8 Å². The number of primary amides is 1. The fourth-order valence-electron chi connectivity index (χ4n) is 2.57. The van der Waals surface area contributed by atoms with Crippen LogP contribution in [0.15, 0.2) is 24.3 Å². The van der Waals surface area contributed by atoms with Crippen molar-refractivity contribution in [1.82, 2.24) is 0 Å². The molecule has 34 heavy (non-hydrogen) atoms. The molecule has 0 saturated carbocycles. The van der Waals surface area contributed by atoms with Crippen LogP contribution in [0.25, 0.3) is 10.1 Å². The summed E-state index contributed by atoms with van der Waals surface area (Å²) in [5.74, 6) is 0.684. The third-order valence-corrected chi connectivity index (χ3v) is 9.65. The highest BCUT2D eigenvalue weighted by Crippen LogP contribution is 2.43. The number of benzene rings is 1. The number of thiophene rings is 1. The van der Waals surface area contributed by atoms with Gasteiger partial charge < -0.3 is 14.8 Å². The van der Waals surface area contributed by atoms with Gasteiger partial charge in [0.1, 0.15) is 0 Å². The van der Waals surface area contributed by atoms with Crippen LogP contribution >= 0.6 is 43.2 Å². The second kappa shape index (κ2) is 12.8. The molecule has 0 atom stereocenters. The van der Waals surface area contributed by atoms with Crippen LogP contribution in [0.4, 0.5) is 0 Å². The highest BCUT2D eigenvalue weighted by Gasteiger charge is 2.23. The summed E-state index contributed by atoms with van der Waals surface area (Å²) in [5.41, 5.74) is 5.67. The molecule has 10 heteroatoms. The first-order valence-corrected chi connectivity index (χ1v) is 15.1. The summed E-state index contributed by atoms with van der Waals surface area (Å²) in [6.45, 7) is 12.2. The molecular formula is C24H34NO5PS3. The van der Waals surface area contributed by atoms with E-state index in [2.05, 4.69) is 0 Å². The summed E-state index contributed by atoms with van der Waals surface area (Å²) in [7, 11) is -1.25. The lowest BCUT2D eigenvalue weighted by Crippen LogP contribution is -2.17. The van der Waals surface area contributed by atoms with Crippen molar-refractivity contribution in [1.29, 1.82) is 0 Å². The lowest BCUT2D eigenvalue weighted by molar-refractivity contribution is -0.118. The number of carbonyl (C=O) groups is 3. The molecule has 0 bridgehead atoms. The van der Waals surface area contributed by atoms with Crippen molar-refractivity contribution < 1.29 is 23.4 Å². The zero-order valence-electron chi connectivity index (χ0n) is 20.6. The molecule has 1 aromatic carbocycles. The van der Waals surface area contributed by atoms with Gasteiger partial charge in [0.2, 0.25) is 0 Å². The van der Waals surface area contributed by atoms with E-state index >= 15 is 0 Å². The van der Waals surface area contributed by atoms with Crippen LogP contribution in [0.3, 0.4) is 0 Å². The summed E-state index contributed by atoms with van der Waals surface area (Å²) in [6, 6.07) is 7.81. The van der Waals surface area contributed by atoms with E-state index in [1.165, 1.54) is 34.9 Å². The molecule has 1 heterocycles. The Labute approximate surface area is 216 Å². The van der Waals surface area contributed by atoms with Crippen LogP contribution in [0.5, 0.6) is 0 Å². The number of rotatable bonds is 11. The Morgan fingerprint density at radius 2 is 1.44 bits per heavy atom. The number of carbonyl (C=O) groups excluding carboxylic acids is 3. The minimum atomic E-state index is -1.25. The van der Waals surface area contributed by atoms with E-state index < -0.39 is 14.3 Å². The lowest BCUT2D eigenvalue weighted by atomic mass is 9.99. The van der Waals surface area contributed by atoms with Gasteiger partial charge in [-0.15, -0.1) is 11.3 Å². The smallest absolute Gasteiger partial charge is 0.258 e. The summed E-state index contributed by atoms with van der Waals surface area (Å²) in [4.78, 5) is 36.3. The Kier molecular flexibility index (Phi) is 11.1. The second-order valence-electron chi connectivity index (χ2n) is 9.78. The summed E-state index contributed by atoms with van der Waals surface area (Å²) in [6.07, 6.45) is 0.572. The van der Waals surface area contributed by atoms with Gasteiger partial charge >= 0.3 is 0 Å². The fourth-order valence-corrected chi connectivity index (χ4v) is 6.62. The Bertz CT molecular complexity index is 976. The van der Waals surface area contributed by atoms with Crippen LogP contribution in [-0.4, -0.2) is 40.9 Å². The zero-order chi connectivity index (χ0) is 25.5. The SMILES string of the molecule is CC(C)(C)C(=O)SCCOP(Cc1ccc2sc(C(N)=O)cc2c1)OCCSC(=O)C(C)(C)C. The summed E-state index contributed by atoms with van der Waals surface area (Å²) >= 11 is 3.92. The Hall–Kier alpha value is -0.960. The largest absolute Gasteiger partial charge is 0.365 e. The number of thioether (sulfide) groups is 2. The average molecular weight is 544 g/mol. The Balaban J connectivity index is 1.99. The van der Waals surface area contributed by atoms with Crippen LogP contribution < -0.4 is 5.73 Å². The minimum absolute atomic E-state index is 0.131. The van der Waals surface area contributed by atoms with Crippen LogP contribution in [-0.2, 0) is 24.8 Å². The van der Waals surface area contributed by atoms with E-state index in [9.17, 15) is 14.4 Å². The van der Waals surface area contributed by atoms with Gasteiger partial charge in [-0.05, 0) is 29.1 Å². The van der Waals surface area contributed by atoms with Gasteiger partial charge in [0.25, 0.3) is 5.91 Å². The van der Waals surface area contributed by atoms with Crippen molar-refractivity contribution in [3.05, 3.63) is 34.7 Å². The van der Waals surface area contributed by atoms with Gasteiger partial charge in [-0.2, -0.15) is 0 Å². The van der Waals surface area contributed by atoms with Gasteiger partial charge in [-0.25, -0.2) is 0 Å². The highest BCUT2D eigenvalue weighted by molar-refractivity contribution is 8.14. The second-order valence-corrected chi connectivity index (χ2v) is 14.5. The van der Waals surface area contributed by atoms with Gasteiger partial charge in [-0.1, -0.05) is 71.1 Å². The molecule has 188 valence electrons. The molecule has 0 fully saturated rings. The van der Waals surface area contributed by atoms with Gasteiger partial charge in [0.15, 0.2) is 18.6 Å². The Morgan fingerprint density at radius 3 is 1.91 bits per heavy atom. The molecule has 1 aromatic heterocycles. The maximum absolute atomic E-state index is 12.1. The molecule has 2 N–H and O–H groups in total. The molecule has 0 aliphatic heterocycles. The quantitative estimate of drug-likeness (QED) is 0.257. The highest BCUT2D eigenvalue weighted by atomic mass is 32.2. The molecule has 1 amide bonds. The molecule has 2 rings (SSSR count). The molecule has 0 unspecified atom stereocenters. The minimum Gasteiger partial charge on any atom is -0.365 e. The van der Waals surface area contributed by atoms with E-state index in [0.29, 0.717) is 35.8 Å². The third-order valence-electron chi connectivity index (χ3n) is 4.46. The fraction of sp³-hybridized carbons (Fsp3) is 0.542. The standard InChI is InChI=1S/C24H34NO5PS3/c1-23(2,3)21(27)32-11-9-29-31(30-10-12-33-22(28)24(4,5)6)15-16-7-8-18-17(13-16)14-19(34-18)20(25)26/h7-8,13-14H,9-12,15H2,1-6H3,(H2,25,26). The third kappa shape index (κ3) is 9.59. The van der Waals surface area contributed by atoms with Crippen molar-refractivity contribution in [3.63, 3.8) is 0 Å². The van der Waals surface area contributed by atoms with Crippen LogP contribution in [0.2, 0.25) is 0 Å². The van der Waals surface area contributed by atoms with E-state index in [1.54, 1.807) is 6.07 Å². The molecule has 0 spiro atoms. The molecule has 0 saturated heterocycles. The van der Waals surface area contributed by atoms with Gasteiger partial charge in [-0.3, -0.25) is 14.4 Å². The summed E-state index contributed by atoms with van der Waals surface area (Å²) in [5, 5.41) is 1.22. The number of fused-ring (bicyclic) bond motifs is 1. The monoisotopic (exact) mass is 543 g/mol. The van der Waals surface area contributed by atoms with E-state index in [4.69, 9.17) is 14.8 Å². The van der Waals surface area contributed by atoms with E-state index in [0.717, 1.165) is 15.6 Å². The van der Waals surface area contributed by atoms with Gasteiger partial charge in [0, 0.05) is 33.2 Å². The average Bonchev–Trinajstić information content (AvgIpc) is 3.16. The van der Waals surface area contributed by atoms with Crippen molar-refractivity contribution in [2.75, 3.05) is 24.7 Å². The lowest BCUT2D eigenvalue weighted by Gasteiger charge is -2.19. The van der Waals surface area contributed by atoms with E-state index in [1.807, 2.05) is 59.7 Å². The molecule has 6 nitrogen and oxygen atoms in total. The first kappa shape index (κ1) is 29.3. The number of hydrogen-bond donors (Lipinski definition) is 1. The topological polar surface area (TPSA) is 95.7 Å². The van der Waals surface area contributed by atoms with E-state index in [-0.39, 0.29) is 21.1 Å². The first-order valence-electron chi connectivity index (χ1n) is 11.0. The van der Waals surface area contributed by atoms with Crippen LogP contribution in [0, 0.1) is 10.8 Å². The molecule has 0 aliphatic rings. The van der Waals surface area contributed by atoms with Crippen molar-refractivity contribution in [2.24, 2.45) is 16.6 Å². The summed E-state index contributed by atoms with van der Waals surface area (Å²) < 4.78 is 13.1. The number of nitrogens with two attached hydrogens (primary N) is 1. The van der Waals surface area contributed by atoms with Crippen molar-refractivity contribution >= 4 is 69.5 Å². The molecular weight excluding hydrogens is 509 g/mol. The number of amides is 1. The maximum Gasteiger partial charge on any atom is 0.258 e. The number of hydrogen-bond acceptors (Lipinski definition) is 8. The molecule has 0 aliphatic carbocycles.